The number of hydrogen-bond acceptors (Lipinski definition) is 4. The van der Waals surface area contributed by atoms with Gasteiger partial charge in [0.2, 0.25) is 5.88 Å². The number of methoxy groups -OCH3 is 1. The lowest BCUT2D eigenvalue weighted by Gasteiger charge is -2.22. The van der Waals surface area contributed by atoms with E-state index in [0.717, 1.165) is 31.6 Å². The number of rotatable bonds is 2. The van der Waals surface area contributed by atoms with Crippen LogP contribution in [0.25, 0.3) is 0 Å². The summed E-state index contributed by atoms with van der Waals surface area (Å²) in [6.07, 6.45) is 5.65. The van der Waals surface area contributed by atoms with Gasteiger partial charge in [-0.15, -0.1) is 0 Å². The Labute approximate surface area is 83.7 Å². The van der Waals surface area contributed by atoms with Gasteiger partial charge in [-0.05, 0) is 25.9 Å². The summed E-state index contributed by atoms with van der Waals surface area (Å²) in [5.74, 6) is 1.18. The second-order valence-corrected chi connectivity index (χ2v) is 3.48. The highest BCUT2D eigenvalue weighted by Gasteiger charge is 2.20. The summed E-state index contributed by atoms with van der Waals surface area (Å²) in [6, 6.07) is 0. The zero-order valence-electron chi connectivity index (χ0n) is 8.36. The van der Waals surface area contributed by atoms with Gasteiger partial charge in [0.15, 0.2) is 0 Å². The SMILES string of the molecule is COc1nccnc1C1CCNCC1. The molecule has 2 rings (SSSR count). The minimum absolute atomic E-state index is 0.500. The third-order valence-corrected chi connectivity index (χ3v) is 2.61. The van der Waals surface area contributed by atoms with Crippen LogP contribution in [0.5, 0.6) is 5.88 Å². The molecule has 0 bridgehead atoms. The van der Waals surface area contributed by atoms with Gasteiger partial charge in [-0.25, -0.2) is 4.98 Å². The maximum absolute atomic E-state index is 5.20. The van der Waals surface area contributed by atoms with E-state index < -0.39 is 0 Å². The van der Waals surface area contributed by atoms with Crippen molar-refractivity contribution in [2.45, 2.75) is 18.8 Å². The average molecular weight is 193 g/mol. The maximum atomic E-state index is 5.20. The Morgan fingerprint density at radius 2 is 2.00 bits per heavy atom. The summed E-state index contributed by atoms with van der Waals surface area (Å²) in [7, 11) is 1.65. The fraction of sp³-hybridized carbons (Fsp3) is 0.600. The quantitative estimate of drug-likeness (QED) is 0.759. The molecule has 0 amide bonds. The van der Waals surface area contributed by atoms with Crippen LogP contribution in [0.1, 0.15) is 24.5 Å². The van der Waals surface area contributed by atoms with Gasteiger partial charge in [0.05, 0.1) is 7.11 Å². The van der Waals surface area contributed by atoms with Gasteiger partial charge in [-0.1, -0.05) is 0 Å². The molecule has 1 fully saturated rings. The third kappa shape index (κ3) is 1.85. The number of ether oxygens (including phenoxy) is 1. The third-order valence-electron chi connectivity index (χ3n) is 2.61. The molecule has 0 aliphatic carbocycles. The maximum Gasteiger partial charge on any atom is 0.235 e. The van der Waals surface area contributed by atoms with E-state index in [1.165, 1.54) is 0 Å². The molecule has 1 saturated heterocycles. The van der Waals surface area contributed by atoms with E-state index in [2.05, 4.69) is 15.3 Å². The molecule has 2 heterocycles. The molecule has 0 atom stereocenters. The van der Waals surface area contributed by atoms with Crippen LogP contribution in [0.3, 0.4) is 0 Å². The van der Waals surface area contributed by atoms with Crippen molar-refractivity contribution in [3.63, 3.8) is 0 Å². The predicted octanol–water partition coefficient (Wildman–Crippen LogP) is 0.952. The Morgan fingerprint density at radius 1 is 1.29 bits per heavy atom. The van der Waals surface area contributed by atoms with Crippen LogP contribution < -0.4 is 10.1 Å². The van der Waals surface area contributed by atoms with Crippen molar-refractivity contribution in [2.75, 3.05) is 20.2 Å². The average Bonchev–Trinajstić information content (AvgIpc) is 2.30. The molecule has 14 heavy (non-hydrogen) atoms. The minimum atomic E-state index is 0.500. The highest BCUT2D eigenvalue weighted by atomic mass is 16.5. The van der Waals surface area contributed by atoms with E-state index in [1.807, 2.05) is 0 Å². The molecule has 0 saturated carbocycles. The fourth-order valence-corrected chi connectivity index (χ4v) is 1.87. The lowest BCUT2D eigenvalue weighted by Crippen LogP contribution is -2.27. The standard InChI is InChI=1S/C10H15N3O/c1-14-10-9(12-6-7-13-10)8-2-4-11-5-3-8/h6-8,11H,2-5H2,1H3. The van der Waals surface area contributed by atoms with Crippen LogP contribution in [0, 0.1) is 0 Å². The topological polar surface area (TPSA) is 47.0 Å². The van der Waals surface area contributed by atoms with Crippen LogP contribution in [-0.4, -0.2) is 30.2 Å². The summed E-state index contributed by atoms with van der Waals surface area (Å²) in [6.45, 7) is 2.12. The van der Waals surface area contributed by atoms with E-state index in [4.69, 9.17) is 4.74 Å². The van der Waals surface area contributed by atoms with Gasteiger partial charge >= 0.3 is 0 Å². The van der Waals surface area contributed by atoms with E-state index >= 15 is 0 Å². The molecule has 1 aliphatic heterocycles. The molecule has 1 N–H and O–H groups in total. The molecule has 0 spiro atoms. The fourth-order valence-electron chi connectivity index (χ4n) is 1.87. The molecular weight excluding hydrogens is 178 g/mol. The molecule has 1 aliphatic rings. The smallest absolute Gasteiger partial charge is 0.235 e. The first-order valence-corrected chi connectivity index (χ1v) is 4.97. The van der Waals surface area contributed by atoms with E-state index in [0.29, 0.717) is 11.8 Å². The van der Waals surface area contributed by atoms with Gasteiger partial charge in [-0.3, -0.25) is 4.98 Å². The molecule has 1 aromatic heterocycles. The van der Waals surface area contributed by atoms with Crippen molar-refractivity contribution in [1.82, 2.24) is 15.3 Å². The second kappa shape index (κ2) is 4.37. The number of nitrogens with one attached hydrogen (secondary N) is 1. The molecule has 1 aromatic rings. The molecule has 4 nitrogen and oxygen atoms in total. The molecule has 0 unspecified atom stereocenters. The zero-order chi connectivity index (χ0) is 9.80. The van der Waals surface area contributed by atoms with Crippen molar-refractivity contribution in [3.8, 4) is 5.88 Å². The minimum Gasteiger partial charge on any atom is -0.480 e. The number of piperidine rings is 1. The molecule has 0 radical (unpaired) electrons. The first kappa shape index (κ1) is 9.40. The lowest BCUT2D eigenvalue weighted by molar-refractivity contribution is 0.371. The normalized spacial score (nSPS) is 18.1. The number of hydrogen-bond donors (Lipinski definition) is 1. The van der Waals surface area contributed by atoms with Gasteiger partial charge in [-0.2, -0.15) is 0 Å². The Balaban J connectivity index is 2.20. The highest BCUT2D eigenvalue weighted by Crippen LogP contribution is 2.28. The summed E-state index contributed by atoms with van der Waals surface area (Å²) in [4.78, 5) is 8.53. The Hall–Kier alpha value is -1.16. The van der Waals surface area contributed by atoms with Gasteiger partial charge in [0.1, 0.15) is 5.69 Å². The summed E-state index contributed by atoms with van der Waals surface area (Å²) in [5.41, 5.74) is 1.01. The number of nitrogens with zero attached hydrogens (tertiary/aromatic N) is 2. The van der Waals surface area contributed by atoms with E-state index in [9.17, 15) is 0 Å². The Morgan fingerprint density at radius 3 is 2.71 bits per heavy atom. The summed E-state index contributed by atoms with van der Waals surface area (Å²) < 4.78 is 5.20. The van der Waals surface area contributed by atoms with E-state index in [-0.39, 0.29) is 0 Å². The Kier molecular flexibility index (Phi) is 2.93. The van der Waals surface area contributed by atoms with Crippen LogP contribution in [-0.2, 0) is 0 Å². The van der Waals surface area contributed by atoms with Crippen molar-refractivity contribution in [2.24, 2.45) is 0 Å². The summed E-state index contributed by atoms with van der Waals surface area (Å²) in [5, 5.41) is 3.33. The largest absolute Gasteiger partial charge is 0.480 e. The predicted molar refractivity (Wildman–Crippen MR) is 53.4 cm³/mol. The summed E-state index contributed by atoms with van der Waals surface area (Å²) >= 11 is 0. The van der Waals surface area contributed by atoms with Crippen LogP contribution in [0.2, 0.25) is 0 Å². The van der Waals surface area contributed by atoms with E-state index in [1.54, 1.807) is 19.5 Å². The molecule has 4 heteroatoms. The first-order chi connectivity index (χ1) is 6.92. The van der Waals surface area contributed by atoms with Crippen LogP contribution in [0.15, 0.2) is 12.4 Å². The van der Waals surface area contributed by atoms with Gasteiger partial charge in [0, 0.05) is 18.3 Å². The van der Waals surface area contributed by atoms with Crippen LogP contribution >= 0.6 is 0 Å². The number of aromatic nitrogens is 2. The van der Waals surface area contributed by atoms with Crippen LogP contribution in [0.4, 0.5) is 0 Å². The van der Waals surface area contributed by atoms with Crippen molar-refractivity contribution in [3.05, 3.63) is 18.1 Å². The monoisotopic (exact) mass is 193 g/mol. The van der Waals surface area contributed by atoms with Gasteiger partial charge < -0.3 is 10.1 Å². The molecule has 0 aromatic carbocycles. The Bertz CT molecular complexity index is 297. The molecule has 76 valence electrons. The van der Waals surface area contributed by atoms with Crippen molar-refractivity contribution < 1.29 is 4.74 Å². The second-order valence-electron chi connectivity index (χ2n) is 3.48. The van der Waals surface area contributed by atoms with Crippen molar-refractivity contribution in [1.29, 1.82) is 0 Å². The highest BCUT2D eigenvalue weighted by molar-refractivity contribution is 5.22. The van der Waals surface area contributed by atoms with Gasteiger partial charge in [0.25, 0.3) is 0 Å². The molecular formula is C10H15N3O. The zero-order valence-corrected chi connectivity index (χ0v) is 8.36. The lowest BCUT2D eigenvalue weighted by atomic mass is 9.94. The first-order valence-electron chi connectivity index (χ1n) is 4.97. The van der Waals surface area contributed by atoms with Crippen molar-refractivity contribution >= 4 is 0 Å².